The number of rotatable bonds is 6. The highest BCUT2D eigenvalue weighted by Gasteiger charge is 2.28. The van der Waals surface area contributed by atoms with Crippen LogP contribution in [0.15, 0.2) is 0 Å². The highest BCUT2D eigenvalue weighted by atomic mass is 32.2. The number of hydrogen-bond donors (Lipinski definition) is 2. The highest BCUT2D eigenvalue weighted by molar-refractivity contribution is 7.86. The first-order valence-corrected chi connectivity index (χ1v) is 8.07. The van der Waals surface area contributed by atoms with Crippen LogP contribution in [-0.2, 0) is 15.0 Å². The Kier molecular flexibility index (Phi) is 6.70. The van der Waals surface area contributed by atoms with Crippen LogP contribution in [0.2, 0.25) is 0 Å². The number of carbonyl (C=O) groups excluding carboxylic acids is 1. The zero-order valence-corrected chi connectivity index (χ0v) is 12.5. The molecule has 0 spiro atoms. The molecule has 112 valence electrons. The van der Waals surface area contributed by atoms with Gasteiger partial charge in [0.1, 0.15) is 0 Å². The van der Waals surface area contributed by atoms with Gasteiger partial charge >= 0.3 is 0 Å². The van der Waals surface area contributed by atoms with E-state index in [0.717, 1.165) is 23.7 Å². The van der Waals surface area contributed by atoms with E-state index in [9.17, 15) is 13.2 Å². The third-order valence-corrected chi connectivity index (χ3v) is 4.89. The number of nitrogens with one attached hydrogen (secondary N) is 2. The first-order valence-electron chi connectivity index (χ1n) is 6.67. The average Bonchev–Trinajstić information content (AvgIpc) is 2.65. The van der Waals surface area contributed by atoms with Gasteiger partial charge in [0.05, 0.1) is 6.54 Å². The van der Waals surface area contributed by atoms with Crippen LogP contribution < -0.4 is 10.6 Å². The van der Waals surface area contributed by atoms with Crippen molar-refractivity contribution in [3.63, 3.8) is 0 Å². The van der Waals surface area contributed by atoms with E-state index in [2.05, 4.69) is 10.6 Å². The van der Waals surface area contributed by atoms with Gasteiger partial charge in [0.15, 0.2) is 0 Å². The summed E-state index contributed by atoms with van der Waals surface area (Å²) in [5, 5.41) is 5.83. The molecule has 0 radical (unpaired) electrons. The van der Waals surface area contributed by atoms with Crippen LogP contribution in [0.3, 0.4) is 0 Å². The lowest BCUT2D eigenvalue weighted by Crippen LogP contribution is -2.47. The first kappa shape index (κ1) is 16.4. The van der Waals surface area contributed by atoms with Crippen molar-refractivity contribution in [3.05, 3.63) is 0 Å². The van der Waals surface area contributed by atoms with Crippen molar-refractivity contribution in [2.45, 2.75) is 19.8 Å². The van der Waals surface area contributed by atoms with Gasteiger partial charge in [0.25, 0.3) is 10.2 Å². The fourth-order valence-electron chi connectivity index (χ4n) is 1.85. The molecule has 0 atom stereocenters. The summed E-state index contributed by atoms with van der Waals surface area (Å²) >= 11 is 0. The molecule has 1 aliphatic rings. The Morgan fingerprint density at radius 2 is 2.11 bits per heavy atom. The number of hydrogen-bond acceptors (Lipinski definition) is 4. The lowest BCUT2D eigenvalue weighted by molar-refractivity contribution is -0.121. The molecule has 1 aliphatic heterocycles. The van der Waals surface area contributed by atoms with Crippen molar-refractivity contribution in [2.24, 2.45) is 0 Å². The molecule has 2 N–H and O–H groups in total. The molecule has 7 nitrogen and oxygen atoms in total. The molecule has 0 aliphatic carbocycles. The molecule has 1 fully saturated rings. The largest absolute Gasteiger partial charge is 0.355 e. The van der Waals surface area contributed by atoms with Gasteiger partial charge in [-0.25, -0.2) is 0 Å². The Bertz CT molecular complexity index is 377. The second kappa shape index (κ2) is 7.78. The van der Waals surface area contributed by atoms with Gasteiger partial charge in [-0.2, -0.15) is 17.0 Å². The molecule has 0 unspecified atom stereocenters. The third-order valence-electron chi connectivity index (χ3n) is 2.96. The number of amides is 1. The Labute approximate surface area is 115 Å². The first-order chi connectivity index (χ1) is 8.98. The zero-order valence-electron chi connectivity index (χ0n) is 11.7. The Morgan fingerprint density at radius 1 is 1.37 bits per heavy atom. The van der Waals surface area contributed by atoms with Crippen LogP contribution in [0.25, 0.3) is 0 Å². The van der Waals surface area contributed by atoms with Gasteiger partial charge in [0, 0.05) is 33.2 Å². The molecule has 8 heteroatoms. The standard InChI is InChI=1S/C11H24N4O3S/c1-3-5-13-11(16)10-14(2)19(17,18)15-8-4-6-12-7-9-15/h12H,3-10H2,1-2H3,(H,13,16). The molecule has 19 heavy (non-hydrogen) atoms. The molecule has 1 amide bonds. The van der Waals surface area contributed by atoms with Crippen molar-refractivity contribution in [3.8, 4) is 0 Å². The fourth-order valence-corrected chi connectivity index (χ4v) is 3.21. The van der Waals surface area contributed by atoms with E-state index < -0.39 is 10.2 Å². The summed E-state index contributed by atoms with van der Waals surface area (Å²) in [6.45, 7) is 4.80. The van der Waals surface area contributed by atoms with E-state index in [1.165, 1.54) is 11.4 Å². The molecular weight excluding hydrogens is 268 g/mol. The van der Waals surface area contributed by atoms with E-state index in [-0.39, 0.29) is 12.5 Å². The second-order valence-electron chi connectivity index (χ2n) is 4.62. The lowest BCUT2D eigenvalue weighted by Gasteiger charge is -2.25. The van der Waals surface area contributed by atoms with Crippen molar-refractivity contribution in [2.75, 3.05) is 46.3 Å². The normalized spacial score (nSPS) is 18.3. The maximum absolute atomic E-state index is 12.3. The second-order valence-corrected chi connectivity index (χ2v) is 6.65. The van der Waals surface area contributed by atoms with E-state index in [1.807, 2.05) is 6.92 Å². The lowest BCUT2D eigenvalue weighted by atomic mass is 10.4. The monoisotopic (exact) mass is 292 g/mol. The van der Waals surface area contributed by atoms with Crippen LogP contribution in [-0.4, -0.2) is 69.3 Å². The van der Waals surface area contributed by atoms with Crippen LogP contribution in [0, 0.1) is 0 Å². The molecule has 1 heterocycles. The Morgan fingerprint density at radius 3 is 2.79 bits per heavy atom. The van der Waals surface area contributed by atoms with Gasteiger partial charge in [-0.15, -0.1) is 0 Å². The quantitative estimate of drug-likeness (QED) is 0.657. The predicted molar refractivity (Wildman–Crippen MR) is 73.9 cm³/mol. The zero-order chi connectivity index (χ0) is 14.3. The molecule has 1 saturated heterocycles. The van der Waals surface area contributed by atoms with Crippen LogP contribution >= 0.6 is 0 Å². The van der Waals surface area contributed by atoms with Gasteiger partial charge in [-0.1, -0.05) is 6.92 Å². The summed E-state index contributed by atoms with van der Waals surface area (Å²) in [5.41, 5.74) is 0. The average molecular weight is 292 g/mol. The number of likely N-dealkylation sites (N-methyl/N-ethyl adjacent to an activating group) is 1. The van der Waals surface area contributed by atoms with Gasteiger partial charge in [-0.05, 0) is 19.4 Å². The fraction of sp³-hybridized carbons (Fsp3) is 0.909. The SMILES string of the molecule is CCCNC(=O)CN(C)S(=O)(=O)N1CCCNCC1. The molecule has 0 aromatic carbocycles. The topological polar surface area (TPSA) is 81.8 Å². The Hall–Kier alpha value is -0.700. The minimum absolute atomic E-state index is 0.133. The molecule has 1 rings (SSSR count). The minimum atomic E-state index is -3.54. The molecule has 0 aromatic rings. The van der Waals surface area contributed by atoms with E-state index in [1.54, 1.807) is 0 Å². The molecular formula is C11H24N4O3S. The van der Waals surface area contributed by atoms with E-state index in [4.69, 9.17) is 0 Å². The summed E-state index contributed by atoms with van der Waals surface area (Å²) in [6.07, 6.45) is 1.62. The summed E-state index contributed by atoms with van der Waals surface area (Å²) in [6, 6.07) is 0. The third kappa shape index (κ3) is 5.06. The van der Waals surface area contributed by atoms with Crippen molar-refractivity contribution in [1.82, 2.24) is 19.2 Å². The summed E-state index contributed by atoms with van der Waals surface area (Å²) in [5.74, 6) is -0.263. The maximum Gasteiger partial charge on any atom is 0.282 e. The smallest absolute Gasteiger partial charge is 0.282 e. The van der Waals surface area contributed by atoms with Crippen molar-refractivity contribution >= 4 is 16.1 Å². The van der Waals surface area contributed by atoms with Gasteiger partial charge in [0.2, 0.25) is 5.91 Å². The van der Waals surface area contributed by atoms with Gasteiger partial charge < -0.3 is 10.6 Å². The maximum atomic E-state index is 12.3. The molecule has 0 saturated carbocycles. The predicted octanol–water partition coefficient (Wildman–Crippen LogP) is -1.02. The van der Waals surface area contributed by atoms with Crippen LogP contribution in [0.1, 0.15) is 19.8 Å². The summed E-state index contributed by atoms with van der Waals surface area (Å²) in [7, 11) is -2.10. The number of carbonyl (C=O) groups is 1. The summed E-state index contributed by atoms with van der Waals surface area (Å²) in [4.78, 5) is 11.6. The van der Waals surface area contributed by atoms with Crippen LogP contribution in [0.4, 0.5) is 0 Å². The van der Waals surface area contributed by atoms with Crippen molar-refractivity contribution in [1.29, 1.82) is 0 Å². The van der Waals surface area contributed by atoms with Crippen molar-refractivity contribution < 1.29 is 13.2 Å². The molecule has 0 aromatic heterocycles. The number of nitrogens with zero attached hydrogens (tertiary/aromatic N) is 2. The summed E-state index contributed by atoms with van der Waals surface area (Å²) < 4.78 is 27.1. The van der Waals surface area contributed by atoms with Gasteiger partial charge in [-0.3, -0.25) is 4.79 Å². The highest BCUT2D eigenvalue weighted by Crippen LogP contribution is 2.08. The van der Waals surface area contributed by atoms with Crippen LogP contribution in [0.5, 0.6) is 0 Å². The minimum Gasteiger partial charge on any atom is -0.355 e. The molecule has 0 bridgehead atoms. The van der Waals surface area contributed by atoms with E-state index >= 15 is 0 Å². The Balaban J connectivity index is 2.57. The van der Waals surface area contributed by atoms with E-state index in [0.29, 0.717) is 26.2 Å².